The molecule has 2 rings (SSSR count). The molecule has 0 saturated heterocycles. The molecule has 2 atom stereocenters. The van der Waals surface area contributed by atoms with E-state index in [2.05, 4.69) is 31.3 Å². The molecule has 0 saturated carbocycles. The Morgan fingerprint density at radius 2 is 1.57 bits per heavy atom. The summed E-state index contributed by atoms with van der Waals surface area (Å²) in [4.78, 5) is 0. The van der Waals surface area contributed by atoms with E-state index in [0.717, 1.165) is 23.4 Å². The van der Waals surface area contributed by atoms with Crippen LogP contribution < -0.4 is 5.32 Å². The summed E-state index contributed by atoms with van der Waals surface area (Å²) >= 11 is 5.95. The zero-order valence-electron chi connectivity index (χ0n) is 12.4. The maximum Gasteiger partial charge on any atom is 0.123 e. The molecule has 0 aliphatic heterocycles. The van der Waals surface area contributed by atoms with E-state index >= 15 is 0 Å². The fraction of sp³-hybridized carbons (Fsp3) is 0.333. The predicted molar refractivity (Wildman–Crippen MR) is 87.1 cm³/mol. The van der Waals surface area contributed by atoms with Crippen molar-refractivity contribution in [3.05, 3.63) is 70.5 Å². The molecule has 0 heterocycles. The lowest BCUT2D eigenvalue weighted by molar-refractivity contribution is 0.439. The molecule has 0 fully saturated rings. The van der Waals surface area contributed by atoms with Crippen LogP contribution in [0.3, 0.4) is 0 Å². The standard InChI is InChI=1S/C18H21ClFN/c1-3-4-18(15-5-9-16(19)10-6-15)21-13(2)14-7-11-17(20)12-8-14/h5-13,18,21H,3-4H2,1-2H3/t13-,18?/m0/s1. The molecule has 1 nitrogen and oxygen atoms in total. The zero-order chi connectivity index (χ0) is 15.2. The Labute approximate surface area is 131 Å². The third kappa shape index (κ3) is 4.55. The van der Waals surface area contributed by atoms with Gasteiger partial charge in [-0.3, -0.25) is 0 Å². The first-order valence-corrected chi connectivity index (χ1v) is 7.75. The van der Waals surface area contributed by atoms with Crippen LogP contribution in [0, 0.1) is 5.82 Å². The Morgan fingerprint density at radius 3 is 2.14 bits per heavy atom. The van der Waals surface area contributed by atoms with Crippen molar-refractivity contribution < 1.29 is 4.39 Å². The summed E-state index contributed by atoms with van der Waals surface area (Å²) in [5.74, 6) is -0.200. The number of nitrogens with one attached hydrogen (secondary N) is 1. The maximum atomic E-state index is 13.0. The van der Waals surface area contributed by atoms with Crippen LogP contribution in [0.5, 0.6) is 0 Å². The van der Waals surface area contributed by atoms with Crippen LogP contribution in [0.15, 0.2) is 48.5 Å². The lowest BCUT2D eigenvalue weighted by Gasteiger charge is -2.24. The number of hydrogen-bond acceptors (Lipinski definition) is 1. The van der Waals surface area contributed by atoms with Crippen molar-refractivity contribution in [2.75, 3.05) is 0 Å². The summed E-state index contributed by atoms with van der Waals surface area (Å²) in [5.41, 5.74) is 2.32. The number of hydrogen-bond donors (Lipinski definition) is 1. The van der Waals surface area contributed by atoms with Crippen molar-refractivity contribution in [3.63, 3.8) is 0 Å². The van der Waals surface area contributed by atoms with E-state index in [0.29, 0.717) is 0 Å². The summed E-state index contributed by atoms with van der Waals surface area (Å²) in [6.07, 6.45) is 2.14. The number of halogens is 2. The van der Waals surface area contributed by atoms with E-state index in [1.807, 2.05) is 24.3 Å². The summed E-state index contributed by atoms with van der Waals surface area (Å²) in [6, 6.07) is 15.1. The first-order chi connectivity index (χ1) is 10.1. The summed E-state index contributed by atoms with van der Waals surface area (Å²) in [5, 5.41) is 4.37. The highest BCUT2D eigenvalue weighted by molar-refractivity contribution is 6.30. The molecule has 1 N–H and O–H groups in total. The van der Waals surface area contributed by atoms with Crippen molar-refractivity contribution in [1.29, 1.82) is 0 Å². The third-order valence-electron chi connectivity index (χ3n) is 3.67. The lowest BCUT2D eigenvalue weighted by atomic mass is 9.99. The Balaban J connectivity index is 2.11. The molecule has 112 valence electrons. The van der Waals surface area contributed by atoms with Gasteiger partial charge in [0, 0.05) is 17.1 Å². The van der Waals surface area contributed by atoms with Gasteiger partial charge in [0.25, 0.3) is 0 Å². The maximum absolute atomic E-state index is 13.0. The van der Waals surface area contributed by atoms with Crippen LogP contribution in [-0.4, -0.2) is 0 Å². The van der Waals surface area contributed by atoms with Gasteiger partial charge < -0.3 is 5.32 Å². The van der Waals surface area contributed by atoms with Gasteiger partial charge in [-0.1, -0.05) is 49.2 Å². The second-order valence-corrected chi connectivity index (χ2v) is 5.77. The molecule has 0 radical (unpaired) electrons. The SMILES string of the molecule is CCCC(N[C@@H](C)c1ccc(F)cc1)c1ccc(Cl)cc1. The smallest absolute Gasteiger partial charge is 0.123 e. The fourth-order valence-electron chi connectivity index (χ4n) is 2.48. The van der Waals surface area contributed by atoms with E-state index in [1.165, 1.54) is 17.7 Å². The van der Waals surface area contributed by atoms with E-state index < -0.39 is 0 Å². The van der Waals surface area contributed by atoms with Gasteiger partial charge in [0.2, 0.25) is 0 Å². The van der Waals surface area contributed by atoms with Crippen molar-refractivity contribution in [3.8, 4) is 0 Å². The third-order valence-corrected chi connectivity index (χ3v) is 3.92. The normalized spacial score (nSPS) is 13.9. The molecule has 3 heteroatoms. The number of rotatable bonds is 6. The Hall–Kier alpha value is -1.38. The van der Waals surface area contributed by atoms with Crippen molar-refractivity contribution in [2.24, 2.45) is 0 Å². The number of benzene rings is 2. The Bertz CT molecular complexity index is 550. The molecule has 0 amide bonds. The first-order valence-electron chi connectivity index (χ1n) is 7.37. The van der Waals surface area contributed by atoms with Crippen LogP contribution in [0.1, 0.15) is 49.9 Å². The van der Waals surface area contributed by atoms with E-state index in [-0.39, 0.29) is 17.9 Å². The molecule has 0 spiro atoms. The monoisotopic (exact) mass is 305 g/mol. The largest absolute Gasteiger partial charge is 0.303 e. The van der Waals surface area contributed by atoms with Gasteiger partial charge in [0.05, 0.1) is 0 Å². The lowest BCUT2D eigenvalue weighted by Crippen LogP contribution is -2.24. The fourth-order valence-corrected chi connectivity index (χ4v) is 2.61. The Kier molecular flexibility index (Phi) is 5.77. The van der Waals surface area contributed by atoms with Gasteiger partial charge >= 0.3 is 0 Å². The van der Waals surface area contributed by atoms with E-state index in [9.17, 15) is 4.39 Å². The topological polar surface area (TPSA) is 12.0 Å². The van der Waals surface area contributed by atoms with Crippen molar-refractivity contribution >= 4 is 11.6 Å². The van der Waals surface area contributed by atoms with E-state index in [1.54, 1.807) is 0 Å². The van der Waals surface area contributed by atoms with Gasteiger partial charge in [0.15, 0.2) is 0 Å². The summed E-state index contributed by atoms with van der Waals surface area (Å²) in [7, 11) is 0. The second-order valence-electron chi connectivity index (χ2n) is 5.33. The second kappa shape index (κ2) is 7.58. The van der Waals surface area contributed by atoms with Crippen molar-refractivity contribution in [2.45, 2.75) is 38.8 Å². The molecule has 21 heavy (non-hydrogen) atoms. The van der Waals surface area contributed by atoms with Gasteiger partial charge in [-0.15, -0.1) is 0 Å². The van der Waals surface area contributed by atoms with Crippen LogP contribution >= 0.6 is 11.6 Å². The highest BCUT2D eigenvalue weighted by Crippen LogP contribution is 2.24. The molecular weight excluding hydrogens is 285 g/mol. The minimum atomic E-state index is -0.200. The van der Waals surface area contributed by atoms with E-state index in [4.69, 9.17) is 11.6 Å². The highest BCUT2D eigenvalue weighted by Gasteiger charge is 2.14. The van der Waals surface area contributed by atoms with Crippen molar-refractivity contribution in [1.82, 2.24) is 5.32 Å². The molecule has 1 unspecified atom stereocenters. The molecule has 0 bridgehead atoms. The summed E-state index contributed by atoms with van der Waals surface area (Å²) in [6.45, 7) is 4.28. The van der Waals surface area contributed by atoms with Gasteiger partial charge in [-0.2, -0.15) is 0 Å². The minimum Gasteiger partial charge on any atom is -0.303 e. The van der Waals surface area contributed by atoms with Crippen LogP contribution in [0.4, 0.5) is 4.39 Å². The molecule has 2 aromatic carbocycles. The predicted octanol–water partition coefficient (Wildman–Crippen LogP) is 5.67. The minimum absolute atomic E-state index is 0.165. The van der Waals surface area contributed by atoms with Crippen LogP contribution in [-0.2, 0) is 0 Å². The van der Waals surface area contributed by atoms with Crippen LogP contribution in [0.2, 0.25) is 5.02 Å². The average molecular weight is 306 g/mol. The van der Waals surface area contributed by atoms with Crippen LogP contribution in [0.25, 0.3) is 0 Å². The molecule has 2 aromatic rings. The molecule has 0 aliphatic carbocycles. The average Bonchev–Trinajstić information content (AvgIpc) is 2.48. The van der Waals surface area contributed by atoms with Gasteiger partial charge in [-0.05, 0) is 48.7 Å². The Morgan fingerprint density at radius 1 is 1.00 bits per heavy atom. The zero-order valence-corrected chi connectivity index (χ0v) is 13.2. The van der Waals surface area contributed by atoms with Gasteiger partial charge in [0.1, 0.15) is 5.82 Å². The highest BCUT2D eigenvalue weighted by atomic mass is 35.5. The first kappa shape index (κ1) is 16.0. The summed E-state index contributed by atoms with van der Waals surface area (Å²) < 4.78 is 13.0. The molecule has 0 aromatic heterocycles. The molecule has 0 aliphatic rings. The quantitative estimate of drug-likeness (QED) is 0.725. The van der Waals surface area contributed by atoms with Gasteiger partial charge in [-0.25, -0.2) is 4.39 Å². The molecular formula is C18H21ClFN.